The van der Waals surface area contributed by atoms with Crippen LogP contribution in [-0.4, -0.2) is 7.11 Å². The van der Waals surface area contributed by atoms with Crippen LogP contribution in [0.15, 0.2) is 12.1 Å². The highest BCUT2D eigenvalue weighted by atomic mass is 16.5. The van der Waals surface area contributed by atoms with E-state index in [1.54, 1.807) is 7.11 Å². The third-order valence-corrected chi connectivity index (χ3v) is 4.69. The van der Waals surface area contributed by atoms with Crippen LogP contribution >= 0.6 is 0 Å². The molecule has 0 aliphatic heterocycles. The van der Waals surface area contributed by atoms with Crippen LogP contribution in [0.3, 0.4) is 0 Å². The van der Waals surface area contributed by atoms with Gasteiger partial charge in [-0.3, -0.25) is 0 Å². The van der Waals surface area contributed by atoms with E-state index in [0.717, 1.165) is 18.6 Å². The highest BCUT2D eigenvalue weighted by molar-refractivity contribution is 5.51. The van der Waals surface area contributed by atoms with Crippen LogP contribution in [0, 0.1) is 6.57 Å². The fourth-order valence-electron chi connectivity index (χ4n) is 3.61. The SMILES string of the molecule is [C-]#[N+][C@@]1(C)CC[C@@H]2CCCc3cc(OC)cc1c32. The maximum absolute atomic E-state index is 7.55. The van der Waals surface area contributed by atoms with Crippen molar-refractivity contribution in [2.45, 2.75) is 50.5 Å². The molecule has 2 aliphatic rings. The van der Waals surface area contributed by atoms with Crippen molar-refractivity contribution in [3.05, 3.63) is 40.2 Å². The predicted molar refractivity (Wildman–Crippen MR) is 71.9 cm³/mol. The zero-order valence-corrected chi connectivity index (χ0v) is 11.1. The number of hydrogen-bond donors (Lipinski definition) is 0. The minimum Gasteiger partial charge on any atom is -0.497 e. The van der Waals surface area contributed by atoms with Crippen LogP contribution in [0.4, 0.5) is 0 Å². The van der Waals surface area contributed by atoms with Crippen molar-refractivity contribution in [3.63, 3.8) is 0 Å². The monoisotopic (exact) mass is 241 g/mol. The molecule has 1 aromatic rings. The highest BCUT2D eigenvalue weighted by Crippen LogP contribution is 2.50. The maximum Gasteiger partial charge on any atom is 0.255 e. The Balaban J connectivity index is 2.25. The minimum atomic E-state index is -0.341. The number of methoxy groups -OCH3 is 1. The second-order valence-electron chi connectivity index (χ2n) is 5.76. The zero-order chi connectivity index (χ0) is 12.8. The first-order valence-corrected chi connectivity index (χ1v) is 6.78. The third kappa shape index (κ3) is 1.54. The van der Waals surface area contributed by atoms with E-state index < -0.39 is 0 Å². The van der Waals surface area contributed by atoms with Gasteiger partial charge in [0.05, 0.1) is 7.11 Å². The topological polar surface area (TPSA) is 13.6 Å². The van der Waals surface area contributed by atoms with Crippen molar-refractivity contribution >= 4 is 0 Å². The number of hydrogen-bond acceptors (Lipinski definition) is 1. The molecule has 0 N–H and O–H groups in total. The Morgan fingerprint density at radius 3 is 2.94 bits per heavy atom. The summed E-state index contributed by atoms with van der Waals surface area (Å²) in [6, 6.07) is 4.29. The van der Waals surface area contributed by atoms with E-state index in [4.69, 9.17) is 11.3 Å². The van der Waals surface area contributed by atoms with E-state index in [1.807, 2.05) is 0 Å². The molecule has 0 radical (unpaired) electrons. The van der Waals surface area contributed by atoms with Crippen LogP contribution in [-0.2, 0) is 12.0 Å². The van der Waals surface area contributed by atoms with Gasteiger partial charge in [-0.1, -0.05) is 0 Å². The first-order chi connectivity index (χ1) is 8.68. The van der Waals surface area contributed by atoms with Gasteiger partial charge in [-0.2, -0.15) is 0 Å². The summed E-state index contributed by atoms with van der Waals surface area (Å²) in [6.07, 6.45) is 5.87. The predicted octanol–water partition coefficient (Wildman–Crippen LogP) is 4.04. The summed E-state index contributed by atoms with van der Waals surface area (Å²) in [6.45, 7) is 9.63. The smallest absolute Gasteiger partial charge is 0.255 e. The van der Waals surface area contributed by atoms with Gasteiger partial charge < -0.3 is 9.58 Å². The van der Waals surface area contributed by atoms with Crippen LogP contribution in [0.5, 0.6) is 5.75 Å². The van der Waals surface area contributed by atoms with Crippen molar-refractivity contribution in [2.24, 2.45) is 0 Å². The molecule has 0 saturated carbocycles. The standard InChI is InChI=1S/C16H19NO/c1-16(17-2)8-7-11-5-4-6-12-9-13(18-3)10-14(16)15(11)12/h9-11H,4-8H2,1,3H3/t11-,16-/m0/s1. The average Bonchev–Trinajstić information content (AvgIpc) is 2.42. The second-order valence-corrected chi connectivity index (χ2v) is 5.76. The van der Waals surface area contributed by atoms with Crippen LogP contribution < -0.4 is 4.74 Å². The second kappa shape index (κ2) is 4.02. The molecule has 2 atom stereocenters. The summed E-state index contributed by atoms with van der Waals surface area (Å²) in [7, 11) is 1.72. The van der Waals surface area contributed by atoms with Crippen LogP contribution in [0.25, 0.3) is 4.85 Å². The van der Waals surface area contributed by atoms with E-state index in [9.17, 15) is 0 Å². The van der Waals surface area contributed by atoms with E-state index in [2.05, 4.69) is 23.9 Å². The van der Waals surface area contributed by atoms with Crippen molar-refractivity contribution in [1.82, 2.24) is 0 Å². The maximum atomic E-state index is 7.55. The Bertz CT molecular complexity index is 529. The summed E-state index contributed by atoms with van der Waals surface area (Å²) in [5.41, 5.74) is 3.80. The van der Waals surface area contributed by atoms with Gasteiger partial charge in [-0.15, -0.1) is 0 Å². The molecular weight excluding hydrogens is 222 g/mol. The van der Waals surface area contributed by atoms with Gasteiger partial charge in [0.2, 0.25) is 0 Å². The number of nitrogens with zero attached hydrogens (tertiary/aromatic N) is 1. The molecule has 0 unspecified atom stereocenters. The molecule has 0 amide bonds. The van der Waals surface area contributed by atoms with Gasteiger partial charge in [-0.05, 0) is 54.9 Å². The zero-order valence-electron chi connectivity index (χ0n) is 11.1. The Hall–Kier alpha value is -1.49. The molecular formula is C16H19NO. The molecule has 0 aromatic heterocycles. The lowest BCUT2D eigenvalue weighted by Gasteiger charge is -2.36. The van der Waals surface area contributed by atoms with Crippen molar-refractivity contribution < 1.29 is 4.74 Å². The van der Waals surface area contributed by atoms with E-state index >= 15 is 0 Å². The average molecular weight is 241 g/mol. The van der Waals surface area contributed by atoms with E-state index in [0.29, 0.717) is 5.92 Å². The highest BCUT2D eigenvalue weighted by Gasteiger charge is 2.43. The van der Waals surface area contributed by atoms with E-state index in [1.165, 1.54) is 36.0 Å². The summed E-state index contributed by atoms with van der Waals surface area (Å²) in [4.78, 5) is 3.92. The Kier molecular flexibility index (Phi) is 2.59. The molecule has 1 aromatic carbocycles. The van der Waals surface area contributed by atoms with Crippen LogP contribution in [0.1, 0.15) is 55.2 Å². The van der Waals surface area contributed by atoms with Crippen molar-refractivity contribution in [1.29, 1.82) is 0 Å². The summed E-state index contributed by atoms with van der Waals surface area (Å²) >= 11 is 0. The van der Waals surface area contributed by atoms with Gasteiger partial charge in [0.15, 0.2) is 0 Å². The fourth-order valence-corrected chi connectivity index (χ4v) is 3.61. The lowest BCUT2D eigenvalue weighted by molar-refractivity contribution is 0.379. The van der Waals surface area contributed by atoms with Gasteiger partial charge in [0.25, 0.3) is 5.54 Å². The minimum absolute atomic E-state index is 0.341. The third-order valence-electron chi connectivity index (χ3n) is 4.69. The molecule has 2 aliphatic carbocycles. The van der Waals surface area contributed by atoms with Gasteiger partial charge in [-0.25, -0.2) is 6.57 Å². The van der Waals surface area contributed by atoms with Gasteiger partial charge >= 0.3 is 0 Å². The first kappa shape index (κ1) is 11.6. The van der Waals surface area contributed by atoms with E-state index in [-0.39, 0.29) is 5.54 Å². The molecule has 0 fully saturated rings. The summed E-state index contributed by atoms with van der Waals surface area (Å²) in [5, 5.41) is 0. The molecule has 0 bridgehead atoms. The van der Waals surface area contributed by atoms with Crippen molar-refractivity contribution in [2.75, 3.05) is 7.11 Å². The molecule has 2 nitrogen and oxygen atoms in total. The molecule has 18 heavy (non-hydrogen) atoms. The molecule has 0 saturated heterocycles. The molecule has 3 rings (SSSR count). The first-order valence-electron chi connectivity index (χ1n) is 6.78. The number of rotatable bonds is 1. The number of ether oxygens (including phenoxy) is 1. The lowest BCUT2D eigenvalue weighted by Crippen LogP contribution is -2.29. The largest absolute Gasteiger partial charge is 0.497 e. The quantitative estimate of drug-likeness (QED) is 0.676. The molecule has 0 spiro atoms. The summed E-state index contributed by atoms with van der Waals surface area (Å²) < 4.78 is 5.42. The Morgan fingerprint density at radius 2 is 2.22 bits per heavy atom. The Labute approximate surface area is 109 Å². The Morgan fingerprint density at radius 1 is 1.39 bits per heavy atom. The number of benzene rings is 1. The summed E-state index contributed by atoms with van der Waals surface area (Å²) in [5.74, 6) is 1.60. The molecule has 0 heterocycles. The molecule has 94 valence electrons. The van der Waals surface area contributed by atoms with Crippen molar-refractivity contribution in [3.8, 4) is 5.75 Å². The molecule has 2 heteroatoms. The number of aryl methyl sites for hydroxylation is 1. The van der Waals surface area contributed by atoms with Gasteiger partial charge in [0, 0.05) is 18.9 Å². The van der Waals surface area contributed by atoms with Crippen LogP contribution in [0.2, 0.25) is 0 Å². The fraction of sp³-hybridized carbons (Fsp3) is 0.562. The normalized spacial score (nSPS) is 29.3. The lowest BCUT2D eigenvalue weighted by atomic mass is 9.67. The van der Waals surface area contributed by atoms with Gasteiger partial charge in [0.1, 0.15) is 5.75 Å².